The van der Waals surface area contributed by atoms with Crippen LogP contribution in [-0.2, 0) is 4.79 Å². The molecule has 23 heavy (non-hydrogen) atoms. The maximum atomic E-state index is 12.8. The topological polar surface area (TPSA) is 29.5 Å². The molecule has 3 rings (SSSR count). The van der Waals surface area contributed by atoms with E-state index in [4.69, 9.17) is 4.74 Å². The molecule has 1 saturated heterocycles. The molecule has 1 amide bonds. The van der Waals surface area contributed by atoms with E-state index in [1.807, 2.05) is 42.2 Å². The fourth-order valence-corrected chi connectivity index (χ4v) is 3.35. The third-order valence-corrected chi connectivity index (χ3v) is 4.63. The second-order valence-electron chi connectivity index (χ2n) is 6.52. The van der Waals surface area contributed by atoms with Crippen LogP contribution in [0.3, 0.4) is 0 Å². The first-order valence-corrected chi connectivity index (χ1v) is 8.62. The highest BCUT2D eigenvalue weighted by atomic mass is 16.5. The number of hydrogen-bond acceptors (Lipinski definition) is 2. The van der Waals surface area contributed by atoms with Crippen LogP contribution < -0.4 is 4.74 Å². The lowest BCUT2D eigenvalue weighted by Gasteiger charge is -2.33. The molecule has 2 aromatic carbocycles. The molecule has 3 heteroatoms. The minimum absolute atomic E-state index is 0.131. The van der Waals surface area contributed by atoms with Crippen molar-refractivity contribution in [2.75, 3.05) is 13.1 Å². The third kappa shape index (κ3) is 3.49. The largest absolute Gasteiger partial charge is 0.480 e. The smallest absolute Gasteiger partial charge is 0.263 e. The Balaban J connectivity index is 1.79. The van der Waals surface area contributed by atoms with Gasteiger partial charge in [-0.15, -0.1) is 0 Å². The van der Waals surface area contributed by atoms with E-state index >= 15 is 0 Å². The Morgan fingerprint density at radius 3 is 2.83 bits per heavy atom. The first kappa shape index (κ1) is 15.9. The van der Waals surface area contributed by atoms with Crippen LogP contribution in [0.4, 0.5) is 0 Å². The van der Waals surface area contributed by atoms with Gasteiger partial charge >= 0.3 is 0 Å². The fraction of sp³-hybridized carbons (Fsp3) is 0.450. The predicted molar refractivity (Wildman–Crippen MR) is 93.6 cm³/mol. The van der Waals surface area contributed by atoms with Crippen molar-refractivity contribution in [3.63, 3.8) is 0 Å². The number of amides is 1. The summed E-state index contributed by atoms with van der Waals surface area (Å²) in [6, 6.07) is 14.1. The Hall–Kier alpha value is -2.03. The highest BCUT2D eigenvalue weighted by molar-refractivity contribution is 5.89. The number of benzene rings is 2. The lowest BCUT2D eigenvalue weighted by molar-refractivity contribution is -0.140. The number of carbonyl (C=O) groups is 1. The zero-order valence-corrected chi connectivity index (χ0v) is 14.0. The summed E-state index contributed by atoms with van der Waals surface area (Å²) in [4.78, 5) is 14.8. The van der Waals surface area contributed by atoms with Crippen molar-refractivity contribution in [3.05, 3.63) is 42.5 Å². The Morgan fingerprint density at radius 1 is 1.26 bits per heavy atom. The monoisotopic (exact) mass is 311 g/mol. The summed E-state index contributed by atoms with van der Waals surface area (Å²) < 4.78 is 6.14. The van der Waals surface area contributed by atoms with Crippen LogP contribution in [0.1, 0.15) is 33.1 Å². The van der Waals surface area contributed by atoms with Gasteiger partial charge in [-0.05, 0) is 36.6 Å². The van der Waals surface area contributed by atoms with Crippen molar-refractivity contribution in [1.29, 1.82) is 0 Å². The summed E-state index contributed by atoms with van der Waals surface area (Å²) in [6.45, 7) is 5.94. The molecule has 1 aliphatic rings. The van der Waals surface area contributed by atoms with E-state index in [1.165, 1.54) is 6.42 Å². The van der Waals surface area contributed by atoms with E-state index in [2.05, 4.69) is 19.1 Å². The van der Waals surface area contributed by atoms with Crippen LogP contribution in [0.2, 0.25) is 0 Å². The number of carbonyl (C=O) groups excluding carboxylic acids is 1. The van der Waals surface area contributed by atoms with Gasteiger partial charge < -0.3 is 9.64 Å². The molecule has 0 unspecified atom stereocenters. The molecule has 0 N–H and O–H groups in total. The summed E-state index contributed by atoms with van der Waals surface area (Å²) in [5.74, 6) is 1.52. The van der Waals surface area contributed by atoms with Gasteiger partial charge in [-0.3, -0.25) is 4.79 Å². The minimum atomic E-state index is -0.397. The zero-order chi connectivity index (χ0) is 16.2. The first-order chi connectivity index (χ1) is 11.2. The Morgan fingerprint density at radius 2 is 2.04 bits per heavy atom. The molecule has 1 fully saturated rings. The zero-order valence-electron chi connectivity index (χ0n) is 14.0. The third-order valence-electron chi connectivity index (χ3n) is 4.63. The van der Waals surface area contributed by atoms with Gasteiger partial charge in [0, 0.05) is 18.5 Å². The molecule has 0 spiro atoms. The molecule has 0 saturated carbocycles. The van der Waals surface area contributed by atoms with E-state index in [0.717, 1.165) is 36.0 Å². The Kier molecular flexibility index (Phi) is 4.85. The van der Waals surface area contributed by atoms with Crippen molar-refractivity contribution < 1.29 is 9.53 Å². The normalized spacial score (nSPS) is 19.6. The molecule has 3 nitrogen and oxygen atoms in total. The second-order valence-corrected chi connectivity index (χ2v) is 6.52. The maximum absolute atomic E-state index is 12.8. The van der Waals surface area contributed by atoms with E-state index in [1.54, 1.807) is 0 Å². The van der Waals surface area contributed by atoms with Crippen molar-refractivity contribution in [1.82, 2.24) is 4.90 Å². The van der Waals surface area contributed by atoms with Crippen LogP contribution in [0.5, 0.6) is 5.75 Å². The van der Waals surface area contributed by atoms with Crippen LogP contribution in [-0.4, -0.2) is 30.0 Å². The van der Waals surface area contributed by atoms with Gasteiger partial charge in [0.25, 0.3) is 5.91 Å². The molecule has 0 bridgehead atoms. The average molecular weight is 311 g/mol. The van der Waals surface area contributed by atoms with E-state index in [9.17, 15) is 4.79 Å². The number of rotatable bonds is 4. The van der Waals surface area contributed by atoms with Crippen molar-refractivity contribution in [3.8, 4) is 5.75 Å². The summed E-state index contributed by atoms with van der Waals surface area (Å²) in [6.07, 6.45) is 2.60. The quantitative estimate of drug-likeness (QED) is 0.844. The first-order valence-electron chi connectivity index (χ1n) is 8.62. The molecule has 2 aromatic rings. The molecule has 1 heterocycles. The highest BCUT2D eigenvalue weighted by Crippen LogP contribution is 2.27. The lowest BCUT2D eigenvalue weighted by Crippen LogP contribution is -2.46. The van der Waals surface area contributed by atoms with Crippen LogP contribution >= 0.6 is 0 Å². The van der Waals surface area contributed by atoms with Gasteiger partial charge in [0.15, 0.2) is 6.10 Å². The van der Waals surface area contributed by atoms with E-state index in [0.29, 0.717) is 12.3 Å². The van der Waals surface area contributed by atoms with Crippen LogP contribution in [0.25, 0.3) is 10.8 Å². The van der Waals surface area contributed by atoms with Gasteiger partial charge in [0.05, 0.1) is 0 Å². The van der Waals surface area contributed by atoms with E-state index < -0.39 is 6.10 Å². The summed E-state index contributed by atoms with van der Waals surface area (Å²) in [5, 5.41) is 2.20. The second kappa shape index (κ2) is 7.03. The standard InChI is InChI=1S/C20H25NO2/c1-3-18(20(22)21-13-7-8-15(2)14-21)23-19-12-6-10-16-9-4-5-11-17(16)19/h4-6,9-12,15,18H,3,7-8,13-14H2,1-2H3/t15-,18-/m1/s1. The van der Waals surface area contributed by atoms with Crippen molar-refractivity contribution in [2.45, 2.75) is 39.2 Å². The predicted octanol–water partition coefficient (Wildman–Crippen LogP) is 4.26. The molecule has 0 aromatic heterocycles. The molecular formula is C20H25NO2. The SMILES string of the molecule is CC[C@@H](Oc1cccc2ccccc12)C(=O)N1CCC[C@@H](C)C1. The highest BCUT2D eigenvalue weighted by Gasteiger charge is 2.28. The van der Waals surface area contributed by atoms with Gasteiger partial charge in [-0.2, -0.15) is 0 Å². The molecule has 1 aliphatic heterocycles. The number of piperidine rings is 1. The van der Waals surface area contributed by atoms with Gasteiger partial charge in [0.2, 0.25) is 0 Å². The summed E-state index contributed by atoms with van der Waals surface area (Å²) in [7, 11) is 0. The average Bonchev–Trinajstić information content (AvgIpc) is 2.59. The van der Waals surface area contributed by atoms with Crippen molar-refractivity contribution >= 4 is 16.7 Å². The number of ether oxygens (including phenoxy) is 1. The number of fused-ring (bicyclic) bond motifs is 1. The maximum Gasteiger partial charge on any atom is 0.263 e. The molecule has 0 aliphatic carbocycles. The fourth-order valence-electron chi connectivity index (χ4n) is 3.35. The molecule has 2 atom stereocenters. The Bertz CT molecular complexity index is 677. The minimum Gasteiger partial charge on any atom is -0.480 e. The molecule has 0 radical (unpaired) electrons. The number of hydrogen-bond donors (Lipinski definition) is 0. The van der Waals surface area contributed by atoms with Crippen molar-refractivity contribution in [2.24, 2.45) is 5.92 Å². The summed E-state index contributed by atoms with van der Waals surface area (Å²) >= 11 is 0. The van der Waals surface area contributed by atoms with Gasteiger partial charge in [0.1, 0.15) is 5.75 Å². The number of likely N-dealkylation sites (tertiary alicyclic amines) is 1. The molecular weight excluding hydrogens is 286 g/mol. The summed E-state index contributed by atoms with van der Waals surface area (Å²) in [5.41, 5.74) is 0. The van der Waals surface area contributed by atoms with Crippen LogP contribution in [0.15, 0.2) is 42.5 Å². The van der Waals surface area contributed by atoms with Gasteiger partial charge in [-0.1, -0.05) is 50.2 Å². The van der Waals surface area contributed by atoms with Gasteiger partial charge in [-0.25, -0.2) is 0 Å². The van der Waals surface area contributed by atoms with E-state index in [-0.39, 0.29) is 5.91 Å². The molecule has 122 valence electrons. The van der Waals surface area contributed by atoms with Crippen LogP contribution in [0, 0.1) is 5.92 Å². The lowest BCUT2D eigenvalue weighted by atomic mass is 9.99. The Labute approximate surface area is 138 Å². The number of nitrogens with zero attached hydrogens (tertiary/aromatic N) is 1.